The Hall–Kier alpha value is -2.29. The third-order valence-electron chi connectivity index (χ3n) is 1.95. The minimum atomic E-state index is -0.968. The van der Waals surface area contributed by atoms with E-state index >= 15 is 0 Å². The van der Waals surface area contributed by atoms with Gasteiger partial charge in [-0.2, -0.15) is 4.98 Å². The molecule has 0 spiro atoms. The first-order chi connectivity index (χ1) is 7.47. The fraction of sp³-hybridized carbons (Fsp3) is 0.286. The van der Waals surface area contributed by atoms with E-state index in [4.69, 9.17) is 5.84 Å². The van der Waals surface area contributed by atoms with Crippen molar-refractivity contribution in [3.8, 4) is 0 Å². The molecule has 1 aromatic heterocycles. The fourth-order valence-electron chi connectivity index (χ4n) is 1.04. The highest BCUT2D eigenvalue weighted by molar-refractivity contribution is 5.79. The number of amides is 1. The monoisotopic (exact) mass is 227 g/mol. The Labute approximate surface area is 89.0 Å². The highest BCUT2D eigenvalue weighted by atomic mass is 16.6. The van der Waals surface area contributed by atoms with Crippen molar-refractivity contribution in [2.45, 2.75) is 13.0 Å². The lowest BCUT2D eigenvalue weighted by Crippen LogP contribution is -2.39. The normalized spacial score (nSPS) is 11.9. The van der Waals surface area contributed by atoms with Gasteiger partial charge in [0, 0.05) is 0 Å². The maximum absolute atomic E-state index is 11.3. The lowest BCUT2D eigenvalue weighted by molar-refractivity contribution is -0.385. The number of nitrogens with two attached hydrogens (primary N) is 1. The lowest BCUT2D eigenvalue weighted by atomic mass is 10.3. The third kappa shape index (κ3) is 2.20. The molecule has 0 saturated heterocycles. The Bertz CT molecular complexity index is 482. The standard InChI is InChI=1S/C7H9N5O4/c1-4(6(13)10-8)11-3-5(12(15)16)2-9-7(11)14/h2-4H,8H2,1H3,(H,10,13). The average Bonchev–Trinajstić information content (AvgIpc) is 2.27. The molecule has 1 amide bonds. The quantitative estimate of drug-likeness (QED) is 0.285. The molecule has 0 radical (unpaired) electrons. The van der Waals surface area contributed by atoms with Crippen molar-refractivity contribution < 1.29 is 9.72 Å². The van der Waals surface area contributed by atoms with Crippen LogP contribution in [0.4, 0.5) is 5.69 Å². The van der Waals surface area contributed by atoms with Crippen LogP contribution in [0.15, 0.2) is 17.2 Å². The molecule has 1 aromatic rings. The zero-order valence-electron chi connectivity index (χ0n) is 8.28. The van der Waals surface area contributed by atoms with E-state index in [1.54, 1.807) is 0 Å². The molecule has 9 nitrogen and oxygen atoms in total. The number of nitro groups is 1. The highest BCUT2D eigenvalue weighted by Crippen LogP contribution is 2.09. The SMILES string of the molecule is CC(C(=O)NN)n1cc([N+](=O)[O-])cnc1=O. The number of aromatic nitrogens is 2. The Kier molecular flexibility index (Phi) is 3.30. The van der Waals surface area contributed by atoms with Crippen LogP contribution < -0.4 is 17.0 Å². The van der Waals surface area contributed by atoms with Crippen LogP contribution >= 0.6 is 0 Å². The van der Waals surface area contributed by atoms with Gasteiger partial charge in [-0.25, -0.2) is 10.6 Å². The van der Waals surface area contributed by atoms with E-state index in [9.17, 15) is 19.7 Å². The molecule has 86 valence electrons. The second kappa shape index (κ2) is 4.49. The van der Waals surface area contributed by atoms with Crippen LogP contribution in [0.1, 0.15) is 13.0 Å². The molecule has 1 atom stereocenters. The molecule has 0 aliphatic heterocycles. The summed E-state index contributed by atoms with van der Waals surface area (Å²) in [4.78, 5) is 35.4. The number of rotatable bonds is 3. The van der Waals surface area contributed by atoms with Crippen LogP contribution in [0.5, 0.6) is 0 Å². The summed E-state index contributed by atoms with van der Waals surface area (Å²) in [5.41, 5.74) is 0.702. The van der Waals surface area contributed by atoms with Crippen molar-refractivity contribution in [1.82, 2.24) is 15.0 Å². The summed E-state index contributed by atoms with van der Waals surface area (Å²) in [6.07, 6.45) is 1.77. The van der Waals surface area contributed by atoms with Crippen molar-refractivity contribution in [2.75, 3.05) is 0 Å². The first-order valence-electron chi connectivity index (χ1n) is 4.20. The molecule has 9 heteroatoms. The van der Waals surface area contributed by atoms with Crippen LogP contribution in [0.25, 0.3) is 0 Å². The van der Waals surface area contributed by atoms with E-state index in [2.05, 4.69) is 4.98 Å². The van der Waals surface area contributed by atoms with E-state index in [0.717, 1.165) is 17.0 Å². The molecule has 0 aliphatic rings. The van der Waals surface area contributed by atoms with Crippen LogP contribution in [-0.2, 0) is 4.79 Å². The summed E-state index contributed by atoms with van der Waals surface area (Å²) in [7, 11) is 0. The Morgan fingerprint density at radius 1 is 1.75 bits per heavy atom. The summed E-state index contributed by atoms with van der Waals surface area (Å²) in [6, 6.07) is -0.968. The van der Waals surface area contributed by atoms with Gasteiger partial charge in [0.2, 0.25) is 0 Å². The van der Waals surface area contributed by atoms with E-state index in [1.165, 1.54) is 6.92 Å². The van der Waals surface area contributed by atoms with Gasteiger partial charge in [0.05, 0.1) is 11.1 Å². The van der Waals surface area contributed by atoms with Crippen LogP contribution in [-0.4, -0.2) is 20.4 Å². The molecular formula is C7H9N5O4. The highest BCUT2D eigenvalue weighted by Gasteiger charge is 2.18. The maximum atomic E-state index is 11.3. The number of hydrogen-bond acceptors (Lipinski definition) is 6. The van der Waals surface area contributed by atoms with Crippen LogP contribution in [0, 0.1) is 10.1 Å². The first-order valence-corrected chi connectivity index (χ1v) is 4.20. The van der Waals surface area contributed by atoms with Gasteiger partial charge in [0.25, 0.3) is 5.91 Å². The van der Waals surface area contributed by atoms with Gasteiger partial charge in [-0.15, -0.1) is 0 Å². The van der Waals surface area contributed by atoms with Crippen molar-refractivity contribution in [2.24, 2.45) is 5.84 Å². The number of nitrogens with one attached hydrogen (secondary N) is 1. The average molecular weight is 227 g/mol. The lowest BCUT2D eigenvalue weighted by Gasteiger charge is -2.11. The molecule has 1 unspecified atom stereocenters. The van der Waals surface area contributed by atoms with E-state index < -0.39 is 22.6 Å². The molecule has 0 aromatic carbocycles. The predicted molar refractivity (Wildman–Crippen MR) is 52.2 cm³/mol. The molecular weight excluding hydrogens is 218 g/mol. The second-order valence-corrected chi connectivity index (χ2v) is 2.94. The fourth-order valence-corrected chi connectivity index (χ4v) is 1.04. The maximum Gasteiger partial charge on any atom is 0.348 e. The number of carbonyl (C=O) groups excluding carboxylic acids is 1. The molecule has 0 aliphatic carbocycles. The zero-order chi connectivity index (χ0) is 12.3. The number of nitrogens with zero attached hydrogens (tertiary/aromatic N) is 3. The van der Waals surface area contributed by atoms with Crippen molar-refractivity contribution >= 4 is 11.6 Å². The van der Waals surface area contributed by atoms with Crippen LogP contribution in [0.3, 0.4) is 0 Å². The summed E-state index contributed by atoms with van der Waals surface area (Å²) in [5.74, 6) is 4.24. The molecule has 0 bridgehead atoms. The van der Waals surface area contributed by atoms with Gasteiger partial charge in [0.15, 0.2) is 0 Å². The molecule has 16 heavy (non-hydrogen) atoms. The minimum Gasteiger partial charge on any atom is -0.292 e. The third-order valence-corrected chi connectivity index (χ3v) is 1.95. The first kappa shape index (κ1) is 11.8. The van der Waals surface area contributed by atoms with Crippen LogP contribution in [0.2, 0.25) is 0 Å². The molecule has 0 fully saturated rings. The topological polar surface area (TPSA) is 133 Å². The van der Waals surface area contributed by atoms with Gasteiger partial charge < -0.3 is 0 Å². The second-order valence-electron chi connectivity index (χ2n) is 2.94. The van der Waals surface area contributed by atoms with Gasteiger partial charge in [-0.1, -0.05) is 0 Å². The minimum absolute atomic E-state index is 0.378. The molecule has 0 saturated carbocycles. The Morgan fingerprint density at radius 3 is 2.88 bits per heavy atom. The van der Waals surface area contributed by atoms with E-state index in [0.29, 0.717) is 0 Å². The summed E-state index contributed by atoms with van der Waals surface area (Å²) >= 11 is 0. The smallest absolute Gasteiger partial charge is 0.292 e. The van der Waals surface area contributed by atoms with Crippen molar-refractivity contribution in [3.05, 3.63) is 33.0 Å². The molecule has 1 rings (SSSR count). The number of hydrazine groups is 1. The Morgan fingerprint density at radius 2 is 2.38 bits per heavy atom. The van der Waals surface area contributed by atoms with Crippen molar-refractivity contribution in [1.29, 1.82) is 0 Å². The summed E-state index contributed by atoms with van der Waals surface area (Å²) in [6.45, 7) is 1.37. The summed E-state index contributed by atoms with van der Waals surface area (Å²) in [5, 5.41) is 10.5. The number of hydrogen-bond donors (Lipinski definition) is 2. The molecule has 1 heterocycles. The van der Waals surface area contributed by atoms with E-state index in [-0.39, 0.29) is 5.69 Å². The zero-order valence-corrected chi connectivity index (χ0v) is 8.28. The largest absolute Gasteiger partial charge is 0.348 e. The molecule has 3 N–H and O–H groups in total. The van der Waals surface area contributed by atoms with E-state index in [1.807, 2.05) is 5.43 Å². The summed E-state index contributed by atoms with van der Waals surface area (Å²) < 4.78 is 0.834. The predicted octanol–water partition coefficient (Wildman–Crippen LogP) is -1.30. The van der Waals surface area contributed by atoms with Crippen molar-refractivity contribution in [3.63, 3.8) is 0 Å². The van der Waals surface area contributed by atoms with Gasteiger partial charge in [-0.05, 0) is 6.92 Å². The van der Waals surface area contributed by atoms with Gasteiger partial charge in [0.1, 0.15) is 12.2 Å². The van der Waals surface area contributed by atoms with Gasteiger partial charge in [-0.3, -0.25) is 24.9 Å². The number of carbonyl (C=O) groups is 1. The Balaban J connectivity index is 3.22. The van der Waals surface area contributed by atoms with Gasteiger partial charge >= 0.3 is 11.4 Å².